The third kappa shape index (κ3) is 10.8. The summed E-state index contributed by atoms with van der Waals surface area (Å²) >= 11 is 0. The van der Waals surface area contributed by atoms with E-state index in [1.807, 2.05) is 13.8 Å². The summed E-state index contributed by atoms with van der Waals surface area (Å²) < 4.78 is 53.2. The lowest BCUT2D eigenvalue weighted by molar-refractivity contribution is -0.348. The fraction of sp³-hybridized carbons (Fsp3) is 0.914. The molecule has 4 saturated carbocycles. The molecular weight excluding hydrogens is 1080 g/mol. The average molecular weight is 1180 g/mol. The van der Waals surface area contributed by atoms with Crippen molar-refractivity contribution in [2.75, 3.05) is 33.0 Å². The van der Waals surface area contributed by atoms with Gasteiger partial charge in [0, 0.05) is 11.0 Å². The van der Waals surface area contributed by atoms with Crippen LogP contribution in [0.4, 0.5) is 0 Å². The van der Waals surface area contributed by atoms with Crippen LogP contribution in [0, 0.1) is 50.2 Å². The quantitative estimate of drug-likeness (QED) is 0.0409. The first-order valence-corrected chi connectivity index (χ1v) is 29.4. The van der Waals surface area contributed by atoms with Crippen molar-refractivity contribution in [3.63, 3.8) is 0 Å². The van der Waals surface area contributed by atoms with Gasteiger partial charge in [-0.2, -0.15) is 0 Å². The van der Waals surface area contributed by atoms with E-state index in [1.54, 1.807) is 19.9 Å². The molecular formula is C58H94O24. The summed E-state index contributed by atoms with van der Waals surface area (Å²) in [6, 6.07) is 0. The first-order valence-electron chi connectivity index (χ1n) is 29.4. The number of aliphatic hydroxyl groups is 14. The predicted molar refractivity (Wildman–Crippen MR) is 283 cm³/mol. The highest BCUT2D eigenvalue weighted by Gasteiger charge is 2.71. The fourth-order valence-electron chi connectivity index (χ4n) is 16.8. The molecule has 470 valence electrons. The topological polar surface area (TPSA) is 383 Å². The van der Waals surface area contributed by atoms with Gasteiger partial charge in [-0.05, 0) is 110 Å². The van der Waals surface area contributed by atoms with Crippen LogP contribution in [-0.4, -0.2) is 246 Å². The van der Waals surface area contributed by atoms with Crippen molar-refractivity contribution < 1.29 is 119 Å². The second-order valence-corrected chi connectivity index (χ2v) is 27.5. The van der Waals surface area contributed by atoms with Gasteiger partial charge in [-0.25, -0.2) is 4.79 Å². The monoisotopic (exact) mass is 1170 g/mol. The van der Waals surface area contributed by atoms with E-state index in [4.69, 9.17) is 42.6 Å². The molecule has 0 spiro atoms. The number of hydrogen-bond donors (Lipinski definition) is 14. The van der Waals surface area contributed by atoms with E-state index in [0.29, 0.717) is 19.3 Å². The van der Waals surface area contributed by atoms with E-state index in [-0.39, 0.29) is 53.8 Å². The molecule has 0 aromatic heterocycles. The Hall–Kier alpha value is -1.93. The van der Waals surface area contributed by atoms with Crippen LogP contribution >= 0.6 is 0 Å². The highest BCUT2D eigenvalue weighted by Crippen LogP contribution is 2.76. The average Bonchev–Trinajstić information content (AvgIpc) is 0.766. The summed E-state index contributed by atoms with van der Waals surface area (Å²) in [4.78, 5) is 12.7. The van der Waals surface area contributed by atoms with Crippen LogP contribution in [0.3, 0.4) is 0 Å². The van der Waals surface area contributed by atoms with Crippen molar-refractivity contribution >= 4 is 5.97 Å². The smallest absolute Gasteiger partial charge is 0.333 e. The van der Waals surface area contributed by atoms with Gasteiger partial charge in [-0.15, -0.1) is 0 Å². The summed E-state index contributed by atoms with van der Waals surface area (Å²) in [6.07, 6.45) is -23.1. The molecule has 4 saturated heterocycles. The van der Waals surface area contributed by atoms with Crippen LogP contribution < -0.4 is 0 Å². The van der Waals surface area contributed by atoms with Gasteiger partial charge < -0.3 is 114 Å². The van der Waals surface area contributed by atoms with Crippen LogP contribution in [0.15, 0.2) is 23.3 Å². The molecule has 82 heavy (non-hydrogen) atoms. The maximum absolute atomic E-state index is 12.7. The maximum Gasteiger partial charge on any atom is 0.333 e. The minimum atomic E-state index is -1.81. The van der Waals surface area contributed by atoms with Crippen molar-refractivity contribution in [3.8, 4) is 0 Å². The Morgan fingerprint density at radius 1 is 0.634 bits per heavy atom. The predicted octanol–water partition coefficient (Wildman–Crippen LogP) is -1.46. The summed E-state index contributed by atoms with van der Waals surface area (Å²) in [7, 11) is 0. The molecule has 0 aromatic rings. The summed E-state index contributed by atoms with van der Waals surface area (Å²) in [5.41, 5.74) is -1.72. The Labute approximate surface area is 478 Å². The molecule has 4 heterocycles. The number of rotatable bonds is 14. The molecule has 0 amide bonds. The van der Waals surface area contributed by atoms with Gasteiger partial charge in [0.1, 0.15) is 85.5 Å². The Morgan fingerprint density at radius 2 is 1.20 bits per heavy atom. The molecule has 14 N–H and O–H groups in total. The molecule has 8 fully saturated rings. The molecule has 0 aromatic carbocycles. The van der Waals surface area contributed by atoms with E-state index in [0.717, 1.165) is 25.7 Å². The van der Waals surface area contributed by atoms with E-state index < -0.39 is 182 Å². The summed E-state index contributed by atoms with van der Waals surface area (Å²) in [5, 5.41) is 153. The van der Waals surface area contributed by atoms with Crippen molar-refractivity contribution in [2.24, 2.45) is 50.2 Å². The SMILES string of the molecule is C/C=C(\C)C(=O)O[C@H]1[C@H](O)[C@@H](O)[C@H](O[C@H]2C[C@]3(CO)[C@@H](O)C[C@]4(C)C(=CC[C@@H]5[C@@]6(C)CC[C@H](O[C@@H]7O[C@H](CO[C@@H]8O[C@H](CO[C@@H]9OC[C@@H](O)[C@H](O)[C@H]9O)[C@@H](O)[C@H](O)[C@H]8O)[C@@H](O)[C@H](O)[C@H]7O)C(C)(C)C6CC[C@]54C)[C@@H]3CC2(C)C)O[C@@H]1CO. The molecule has 1 unspecified atom stereocenters. The maximum atomic E-state index is 12.7. The Bertz CT molecular complexity index is 2300. The third-order valence-corrected chi connectivity index (χ3v) is 22.3. The van der Waals surface area contributed by atoms with Crippen LogP contribution in [0.1, 0.15) is 114 Å². The van der Waals surface area contributed by atoms with Crippen LogP contribution in [0.2, 0.25) is 0 Å². The molecule has 4 aliphatic heterocycles. The zero-order valence-corrected chi connectivity index (χ0v) is 48.6. The minimum absolute atomic E-state index is 0.0940. The standard InChI is InChI=1S/C58H94O24/c1-10-25(2)48(73)82-47-29(20-59)77-52(46(72)42(47)68)81-36-19-58(24-60)27(17-53(36,3)4)26-11-12-33-55(7)15-14-35(54(5,6)32(55)13-16-56(33,8)57(26,9)18-34(58)62)80-51-45(71)41(67)39(65)31(79-51)23-76-50-44(70)40(66)38(64)30(78-50)22-75-49-43(69)37(63)28(61)21-74-49/h10-11,27-47,49-52,59-72H,12-24H2,1-9H3/b25-10+/t27-,28+,29+,30+,31+,32?,33+,34-,35-,36-,37-,38+,39+,40-,41-,42+,43+,44+,45+,46+,47+,49-,50+,51-,52-,55-,56+,57+,58+/m0/s1. The van der Waals surface area contributed by atoms with Crippen LogP contribution in [0.5, 0.6) is 0 Å². The largest absolute Gasteiger partial charge is 0.453 e. The first-order chi connectivity index (χ1) is 38.4. The molecule has 0 bridgehead atoms. The molecule has 29 atom stereocenters. The van der Waals surface area contributed by atoms with Crippen molar-refractivity contribution in [1.29, 1.82) is 0 Å². The molecule has 24 heteroatoms. The van der Waals surface area contributed by atoms with Crippen molar-refractivity contribution in [1.82, 2.24) is 0 Å². The number of fused-ring (bicyclic) bond motifs is 7. The van der Waals surface area contributed by atoms with Crippen molar-refractivity contribution in [3.05, 3.63) is 23.3 Å². The van der Waals surface area contributed by atoms with E-state index in [9.17, 15) is 76.3 Å². The highest BCUT2D eigenvalue weighted by atomic mass is 16.7. The number of aliphatic hydroxyl groups excluding tert-OH is 14. The molecule has 24 nitrogen and oxygen atoms in total. The minimum Gasteiger partial charge on any atom is -0.453 e. The lowest BCUT2D eigenvalue weighted by Gasteiger charge is -2.72. The second-order valence-electron chi connectivity index (χ2n) is 27.5. The Kier molecular flexibility index (Phi) is 18.8. The number of ether oxygens (including phenoxy) is 9. The lowest BCUT2D eigenvalue weighted by atomic mass is 9.33. The highest BCUT2D eigenvalue weighted by molar-refractivity contribution is 5.87. The van der Waals surface area contributed by atoms with Gasteiger partial charge >= 0.3 is 5.97 Å². The van der Waals surface area contributed by atoms with E-state index in [2.05, 4.69) is 40.7 Å². The number of hydrogen-bond acceptors (Lipinski definition) is 24. The Morgan fingerprint density at radius 3 is 1.80 bits per heavy atom. The van der Waals surface area contributed by atoms with Gasteiger partial charge in [0.25, 0.3) is 0 Å². The van der Waals surface area contributed by atoms with Gasteiger partial charge in [0.15, 0.2) is 31.3 Å². The van der Waals surface area contributed by atoms with Gasteiger partial charge in [0.05, 0.1) is 51.3 Å². The normalized spacial score (nSPS) is 52.1. The third-order valence-electron chi connectivity index (χ3n) is 22.3. The fourth-order valence-corrected chi connectivity index (χ4v) is 16.8. The van der Waals surface area contributed by atoms with Gasteiger partial charge in [0.2, 0.25) is 0 Å². The molecule has 5 aliphatic carbocycles. The Balaban J connectivity index is 0.865. The van der Waals surface area contributed by atoms with Gasteiger partial charge in [-0.1, -0.05) is 66.2 Å². The van der Waals surface area contributed by atoms with E-state index >= 15 is 0 Å². The number of carbonyl (C=O) groups excluding carboxylic acids is 1. The van der Waals surface area contributed by atoms with Crippen molar-refractivity contribution in [2.45, 2.75) is 249 Å². The number of carbonyl (C=O) groups is 1. The summed E-state index contributed by atoms with van der Waals surface area (Å²) in [5.74, 6) is -0.728. The van der Waals surface area contributed by atoms with Gasteiger partial charge in [-0.3, -0.25) is 0 Å². The first kappa shape index (κ1) is 64.5. The zero-order valence-electron chi connectivity index (χ0n) is 48.6. The second kappa shape index (κ2) is 23.9. The molecule has 9 rings (SSSR count). The van der Waals surface area contributed by atoms with Crippen LogP contribution in [0.25, 0.3) is 0 Å². The lowest BCUT2D eigenvalue weighted by Crippen LogP contribution is -2.68. The van der Waals surface area contributed by atoms with Crippen LogP contribution in [-0.2, 0) is 47.4 Å². The summed E-state index contributed by atoms with van der Waals surface area (Å²) in [6.45, 7) is 16.2. The molecule has 0 radical (unpaired) electrons. The molecule has 9 aliphatic rings. The zero-order chi connectivity index (χ0) is 60.1. The van der Waals surface area contributed by atoms with E-state index in [1.165, 1.54) is 5.57 Å². The number of allylic oxidation sites excluding steroid dienone is 3. The number of esters is 1.